The van der Waals surface area contributed by atoms with E-state index < -0.39 is 0 Å². The monoisotopic (exact) mass is 272 g/mol. The third-order valence-electron chi connectivity index (χ3n) is 1.89. The van der Waals surface area contributed by atoms with Gasteiger partial charge in [0.15, 0.2) is 0 Å². The van der Waals surface area contributed by atoms with Crippen LogP contribution in [0, 0.1) is 0 Å². The second kappa shape index (κ2) is 6.58. The van der Waals surface area contributed by atoms with Crippen molar-refractivity contribution in [2.75, 3.05) is 13.2 Å². The van der Waals surface area contributed by atoms with Crippen LogP contribution in [0.15, 0.2) is 28.7 Å². The van der Waals surface area contributed by atoms with E-state index in [1.807, 2.05) is 24.3 Å². The third kappa shape index (κ3) is 4.95. The highest BCUT2D eigenvalue weighted by atomic mass is 79.9. The van der Waals surface area contributed by atoms with Crippen molar-refractivity contribution in [2.45, 2.75) is 12.8 Å². The molecule has 0 fully saturated rings. The van der Waals surface area contributed by atoms with Crippen molar-refractivity contribution in [2.24, 2.45) is 0 Å². The molecule has 0 radical (unpaired) electrons. The number of halogens is 1. The summed E-state index contributed by atoms with van der Waals surface area (Å²) < 4.78 is 5.76. The number of aliphatic hydroxyl groups is 1. The van der Waals surface area contributed by atoms with Gasteiger partial charge in [0.25, 0.3) is 0 Å². The molecule has 1 aromatic carbocycles. The zero-order chi connectivity index (χ0) is 11.1. The fraction of sp³-hybridized carbons (Fsp3) is 0.364. The van der Waals surface area contributed by atoms with Crippen molar-refractivity contribution >= 4 is 21.9 Å². The van der Waals surface area contributed by atoms with Crippen LogP contribution >= 0.6 is 15.9 Å². The molecular formula is C11H13BrO3. The van der Waals surface area contributed by atoms with Gasteiger partial charge in [-0.05, 0) is 24.1 Å². The normalized spacial score (nSPS) is 10.0. The van der Waals surface area contributed by atoms with E-state index >= 15 is 0 Å². The third-order valence-corrected chi connectivity index (χ3v) is 2.41. The Bertz CT molecular complexity index is 308. The first-order chi connectivity index (χ1) is 7.22. The highest BCUT2D eigenvalue weighted by molar-refractivity contribution is 9.10. The Kier molecular flexibility index (Phi) is 5.36. The lowest BCUT2D eigenvalue weighted by molar-refractivity contribution is -0.144. The van der Waals surface area contributed by atoms with E-state index in [0.717, 1.165) is 10.0 Å². The Balaban J connectivity index is 2.30. The van der Waals surface area contributed by atoms with Gasteiger partial charge in [-0.3, -0.25) is 4.79 Å². The minimum atomic E-state index is -0.271. The summed E-state index contributed by atoms with van der Waals surface area (Å²) in [6.45, 7) is -0.0385. The van der Waals surface area contributed by atoms with Crippen LogP contribution in [0.25, 0.3) is 0 Å². The predicted octanol–water partition coefficient (Wildman–Crippen LogP) is 1.92. The van der Waals surface area contributed by atoms with Gasteiger partial charge in [0, 0.05) is 10.9 Å². The summed E-state index contributed by atoms with van der Waals surface area (Å²) in [4.78, 5) is 11.1. The summed E-state index contributed by atoms with van der Waals surface area (Å²) in [5, 5.41) is 8.45. The summed E-state index contributed by atoms with van der Waals surface area (Å²) >= 11 is 3.34. The fourth-order valence-corrected chi connectivity index (χ4v) is 1.39. The molecule has 0 saturated heterocycles. The van der Waals surface area contributed by atoms with Crippen molar-refractivity contribution in [1.29, 1.82) is 0 Å². The molecule has 0 amide bonds. The molecule has 0 heterocycles. The average Bonchev–Trinajstić information content (AvgIpc) is 2.25. The van der Waals surface area contributed by atoms with Gasteiger partial charge in [-0.15, -0.1) is 0 Å². The number of carbonyl (C=O) groups excluding carboxylic acids is 1. The van der Waals surface area contributed by atoms with Crippen molar-refractivity contribution in [1.82, 2.24) is 0 Å². The van der Waals surface area contributed by atoms with Gasteiger partial charge < -0.3 is 9.84 Å². The summed E-state index contributed by atoms with van der Waals surface area (Å²) in [5.41, 5.74) is 1.10. The van der Waals surface area contributed by atoms with Crippen LogP contribution in [0.5, 0.6) is 0 Å². The number of aryl methyl sites for hydroxylation is 1. The lowest BCUT2D eigenvalue weighted by Crippen LogP contribution is -2.09. The van der Waals surface area contributed by atoms with Crippen molar-refractivity contribution < 1.29 is 14.6 Å². The number of carbonyl (C=O) groups is 1. The average molecular weight is 273 g/mol. The lowest BCUT2D eigenvalue weighted by atomic mass is 10.1. The number of hydrogen-bond acceptors (Lipinski definition) is 3. The van der Waals surface area contributed by atoms with Gasteiger partial charge in [-0.1, -0.05) is 28.1 Å². The van der Waals surface area contributed by atoms with Crippen molar-refractivity contribution in [3.05, 3.63) is 34.3 Å². The van der Waals surface area contributed by atoms with E-state index in [9.17, 15) is 4.79 Å². The smallest absolute Gasteiger partial charge is 0.306 e. The molecule has 0 aliphatic rings. The lowest BCUT2D eigenvalue weighted by Gasteiger charge is -2.03. The number of esters is 1. The minimum absolute atomic E-state index is 0.0825. The maximum Gasteiger partial charge on any atom is 0.306 e. The Morgan fingerprint density at radius 3 is 2.60 bits per heavy atom. The largest absolute Gasteiger partial charge is 0.463 e. The van der Waals surface area contributed by atoms with Crippen molar-refractivity contribution in [3.8, 4) is 0 Å². The summed E-state index contributed by atoms with van der Waals surface area (Å²) in [5.74, 6) is -0.271. The molecule has 0 bridgehead atoms. The Labute approximate surface area is 97.2 Å². The zero-order valence-corrected chi connectivity index (χ0v) is 9.87. The number of benzene rings is 1. The van der Waals surface area contributed by atoms with E-state index in [2.05, 4.69) is 15.9 Å². The SMILES string of the molecule is O=C(CCc1ccc(Br)cc1)OCCO. The molecule has 0 unspecified atom stereocenters. The molecule has 82 valence electrons. The molecule has 0 aliphatic heterocycles. The molecule has 3 nitrogen and oxygen atoms in total. The van der Waals surface area contributed by atoms with Gasteiger partial charge in [-0.2, -0.15) is 0 Å². The first-order valence-corrected chi connectivity index (χ1v) is 5.52. The topological polar surface area (TPSA) is 46.5 Å². The number of rotatable bonds is 5. The Morgan fingerprint density at radius 2 is 2.00 bits per heavy atom. The van der Waals surface area contributed by atoms with E-state index in [1.54, 1.807) is 0 Å². The van der Waals surface area contributed by atoms with Crippen LogP contribution in [0.3, 0.4) is 0 Å². The predicted molar refractivity (Wildman–Crippen MR) is 60.5 cm³/mol. The van der Waals surface area contributed by atoms with Crippen LogP contribution in [-0.4, -0.2) is 24.3 Å². The van der Waals surface area contributed by atoms with Crippen LogP contribution in [0.2, 0.25) is 0 Å². The zero-order valence-electron chi connectivity index (χ0n) is 8.28. The molecule has 0 saturated carbocycles. The fourth-order valence-electron chi connectivity index (χ4n) is 1.13. The van der Waals surface area contributed by atoms with E-state index in [0.29, 0.717) is 12.8 Å². The molecule has 0 atom stereocenters. The number of hydrogen-bond donors (Lipinski definition) is 1. The first kappa shape index (κ1) is 12.2. The molecule has 0 aliphatic carbocycles. The molecule has 0 aromatic heterocycles. The maximum atomic E-state index is 11.1. The number of aliphatic hydroxyl groups excluding tert-OH is 1. The Morgan fingerprint density at radius 1 is 1.33 bits per heavy atom. The van der Waals surface area contributed by atoms with Gasteiger partial charge in [0.05, 0.1) is 6.61 Å². The first-order valence-electron chi connectivity index (χ1n) is 4.73. The minimum Gasteiger partial charge on any atom is -0.463 e. The van der Waals surface area contributed by atoms with Crippen LogP contribution in [-0.2, 0) is 16.0 Å². The van der Waals surface area contributed by atoms with Gasteiger partial charge in [0.2, 0.25) is 0 Å². The molecule has 0 spiro atoms. The standard InChI is InChI=1S/C11H13BrO3/c12-10-4-1-9(2-5-10)3-6-11(14)15-8-7-13/h1-2,4-5,13H,3,6-8H2. The highest BCUT2D eigenvalue weighted by Crippen LogP contribution is 2.11. The second-order valence-corrected chi connectivity index (χ2v) is 3.99. The quantitative estimate of drug-likeness (QED) is 0.834. The van der Waals surface area contributed by atoms with Crippen LogP contribution in [0.4, 0.5) is 0 Å². The van der Waals surface area contributed by atoms with E-state index in [4.69, 9.17) is 9.84 Å². The van der Waals surface area contributed by atoms with E-state index in [1.165, 1.54) is 0 Å². The highest BCUT2D eigenvalue weighted by Gasteiger charge is 2.02. The van der Waals surface area contributed by atoms with Crippen LogP contribution in [0.1, 0.15) is 12.0 Å². The molecule has 15 heavy (non-hydrogen) atoms. The van der Waals surface area contributed by atoms with Crippen LogP contribution < -0.4 is 0 Å². The molecule has 1 aromatic rings. The summed E-state index contributed by atoms with van der Waals surface area (Å²) in [6, 6.07) is 7.80. The number of ether oxygens (including phenoxy) is 1. The van der Waals surface area contributed by atoms with Gasteiger partial charge in [0.1, 0.15) is 6.61 Å². The Hall–Kier alpha value is -0.870. The molecule has 1 rings (SSSR count). The van der Waals surface area contributed by atoms with E-state index in [-0.39, 0.29) is 19.2 Å². The van der Waals surface area contributed by atoms with Gasteiger partial charge in [-0.25, -0.2) is 0 Å². The molecule has 1 N–H and O–H groups in total. The summed E-state index contributed by atoms with van der Waals surface area (Å²) in [7, 11) is 0. The molecule has 4 heteroatoms. The van der Waals surface area contributed by atoms with Crippen molar-refractivity contribution in [3.63, 3.8) is 0 Å². The van der Waals surface area contributed by atoms with Gasteiger partial charge >= 0.3 is 5.97 Å². The molecular weight excluding hydrogens is 260 g/mol. The maximum absolute atomic E-state index is 11.1. The summed E-state index contributed by atoms with van der Waals surface area (Å²) in [6.07, 6.45) is 1.01. The second-order valence-electron chi connectivity index (χ2n) is 3.07.